The van der Waals surface area contributed by atoms with Crippen LogP contribution in [0.25, 0.3) is 22.6 Å². The number of rotatable bonds is 1. The molecule has 3 heterocycles. The summed E-state index contributed by atoms with van der Waals surface area (Å²) in [6, 6.07) is 1.83. The summed E-state index contributed by atoms with van der Waals surface area (Å²) in [6.45, 7) is 0. The van der Waals surface area contributed by atoms with Gasteiger partial charge in [0.05, 0.1) is 5.39 Å². The van der Waals surface area contributed by atoms with E-state index in [1.165, 1.54) is 0 Å². The van der Waals surface area contributed by atoms with E-state index >= 15 is 0 Å². The van der Waals surface area contributed by atoms with Gasteiger partial charge in [-0.2, -0.15) is 5.10 Å². The molecule has 2 N–H and O–H groups in total. The second-order valence-corrected chi connectivity index (χ2v) is 3.98. The Bertz CT molecular complexity index is 712. The molecule has 0 radical (unpaired) electrons. The molecule has 80 valence electrons. The van der Waals surface area contributed by atoms with Gasteiger partial charge in [0.1, 0.15) is 5.69 Å². The molecule has 0 fully saturated rings. The van der Waals surface area contributed by atoms with Gasteiger partial charge in [-0.25, -0.2) is 9.78 Å². The SMILES string of the molecule is O=c1[nH]c(-c2[nH]nc3ncc(Br)cc23)no1. The minimum atomic E-state index is -0.610. The molecule has 0 aliphatic heterocycles. The van der Waals surface area contributed by atoms with Gasteiger partial charge in [0, 0.05) is 10.7 Å². The number of H-pyrrole nitrogens is 2. The molecule has 0 spiro atoms. The Balaban J connectivity index is 2.31. The van der Waals surface area contributed by atoms with Gasteiger partial charge in [0.25, 0.3) is 0 Å². The van der Waals surface area contributed by atoms with Crippen LogP contribution in [0.15, 0.2) is 26.1 Å². The summed E-state index contributed by atoms with van der Waals surface area (Å²) < 4.78 is 5.24. The molecule has 7 nitrogen and oxygen atoms in total. The van der Waals surface area contributed by atoms with E-state index in [9.17, 15) is 4.79 Å². The number of pyridine rings is 1. The molecule has 0 unspecified atom stereocenters. The molecular formula is C8H4BrN5O2. The van der Waals surface area contributed by atoms with Gasteiger partial charge in [0.2, 0.25) is 5.82 Å². The molecule has 0 aliphatic carbocycles. The van der Waals surface area contributed by atoms with Crippen LogP contribution in [-0.2, 0) is 0 Å². The van der Waals surface area contributed by atoms with E-state index in [0.717, 1.165) is 9.86 Å². The van der Waals surface area contributed by atoms with Crippen LogP contribution in [-0.4, -0.2) is 25.3 Å². The fourth-order valence-corrected chi connectivity index (χ4v) is 1.72. The predicted molar refractivity (Wildman–Crippen MR) is 57.7 cm³/mol. The maximum Gasteiger partial charge on any atom is 0.439 e. The molecule has 0 atom stereocenters. The minimum absolute atomic E-state index is 0.299. The number of aromatic amines is 2. The Morgan fingerprint density at radius 3 is 3.06 bits per heavy atom. The number of fused-ring (bicyclic) bond motifs is 1. The number of halogens is 1. The second kappa shape index (κ2) is 3.27. The summed E-state index contributed by atoms with van der Waals surface area (Å²) in [6.07, 6.45) is 1.64. The Morgan fingerprint density at radius 2 is 2.31 bits per heavy atom. The Labute approximate surface area is 96.0 Å². The first kappa shape index (κ1) is 9.28. The standard InChI is InChI=1S/C8H4BrN5O2/c9-3-1-4-5(7-11-8(15)16-14-7)12-13-6(4)10-2-3/h1-2H,(H,10,12,13)(H,11,14,15). The first-order valence-corrected chi connectivity index (χ1v) is 5.09. The van der Waals surface area contributed by atoms with Crippen LogP contribution < -0.4 is 5.76 Å². The third kappa shape index (κ3) is 1.34. The lowest BCUT2D eigenvalue weighted by Gasteiger charge is -1.91. The summed E-state index contributed by atoms with van der Waals surface area (Å²) in [4.78, 5) is 17.4. The van der Waals surface area contributed by atoms with Gasteiger partial charge in [0.15, 0.2) is 5.65 Å². The molecule has 0 saturated heterocycles. The molecule has 0 amide bonds. The summed E-state index contributed by atoms with van der Waals surface area (Å²) in [5, 5.41) is 11.1. The molecule has 0 bridgehead atoms. The van der Waals surface area contributed by atoms with E-state index in [1.54, 1.807) is 6.20 Å². The largest absolute Gasteiger partial charge is 0.439 e. The number of aromatic nitrogens is 5. The zero-order valence-electron chi connectivity index (χ0n) is 7.69. The van der Waals surface area contributed by atoms with Crippen molar-refractivity contribution >= 4 is 27.0 Å². The lowest BCUT2D eigenvalue weighted by Crippen LogP contribution is -1.95. The smallest absolute Gasteiger partial charge is 0.296 e. The van der Waals surface area contributed by atoms with Crippen LogP contribution in [0.2, 0.25) is 0 Å². The summed E-state index contributed by atoms with van der Waals surface area (Å²) in [5.41, 5.74) is 1.11. The molecule has 3 aromatic heterocycles. The maximum atomic E-state index is 10.8. The third-order valence-electron chi connectivity index (χ3n) is 2.05. The van der Waals surface area contributed by atoms with Crippen LogP contribution in [0.5, 0.6) is 0 Å². The predicted octanol–water partition coefficient (Wildman–Crippen LogP) is 1.06. The molecule has 0 saturated carbocycles. The van der Waals surface area contributed by atoms with Crippen LogP contribution in [0.1, 0.15) is 0 Å². The number of nitrogens with zero attached hydrogens (tertiary/aromatic N) is 3. The molecule has 0 aliphatic rings. The van der Waals surface area contributed by atoms with Gasteiger partial charge in [-0.15, -0.1) is 0 Å². The fraction of sp³-hybridized carbons (Fsp3) is 0. The molecule has 3 rings (SSSR count). The van der Waals surface area contributed by atoms with Crippen molar-refractivity contribution in [3.8, 4) is 11.5 Å². The van der Waals surface area contributed by atoms with E-state index in [4.69, 9.17) is 0 Å². The van der Waals surface area contributed by atoms with Gasteiger partial charge < -0.3 is 0 Å². The highest BCUT2D eigenvalue weighted by atomic mass is 79.9. The van der Waals surface area contributed by atoms with E-state index in [-0.39, 0.29) is 0 Å². The lowest BCUT2D eigenvalue weighted by atomic mass is 10.2. The lowest BCUT2D eigenvalue weighted by molar-refractivity contribution is 0.388. The number of hydrogen-bond acceptors (Lipinski definition) is 5. The summed E-state index contributed by atoms with van der Waals surface area (Å²) in [7, 11) is 0. The van der Waals surface area contributed by atoms with Gasteiger partial charge in [-0.1, -0.05) is 5.16 Å². The zero-order chi connectivity index (χ0) is 11.1. The fourth-order valence-electron chi connectivity index (χ4n) is 1.39. The highest BCUT2D eigenvalue weighted by Gasteiger charge is 2.12. The van der Waals surface area contributed by atoms with Crippen molar-refractivity contribution in [3.05, 3.63) is 27.3 Å². The Morgan fingerprint density at radius 1 is 1.44 bits per heavy atom. The molecule has 16 heavy (non-hydrogen) atoms. The quantitative estimate of drug-likeness (QED) is 0.695. The van der Waals surface area contributed by atoms with Crippen molar-refractivity contribution in [1.29, 1.82) is 0 Å². The molecular weight excluding hydrogens is 278 g/mol. The second-order valence-electron chi connectivity index (χ2n) is 3.07. The number of nitrogens with one attached hydrogen (secondary N) is 2. The van der Waals surface area contributed by atoms with Gasteiger partial charge in [-0.3, -0.25) is 14.6 Å². The van der Waals surface area contributed by atoms with E-state index in [0.29, 0.717) is 17.2 Å². The summed E-state index contributed by atoms with van der Waals surface area (Å²) in [5.74, 6) is -0.312. The van der Waals surface area contributed by atoms with Crippen molar-refractivity contribution in [2.45, 2.75) is 0 Å². The van der Waals surface area contributed by atoms with Crippen LogP contribution in [0.4, 0.5) is 0 Å². The highest BCUT2D eigenvalue weighted by Crippen LogP contribution is 2.24. The van der Waals surface area contributed by atoms with Crippen molar-refractivity contribution in [3.63, 3.8) is 0 Å². The first-order valence-electron chi connectivity index (χ1n) is 4.30. The normalized spacial score (nSPS) is 11.1. The van der Waals surface area contributed by atoms with Crippen molar-refractivity contribution in [2.75, 3.05) is 0 Å². The average molecular weight is 282 g/mol. The Kier molecular flexibility index (Phi) is 1.90. The zero-order valence-corrected chi connectivity index (χ0v) is 9.28. The maximum absolute atomic E-state index is 10.8. The van der Waals surface area contributed by atoms with Crippen molar-refractivity contribution in [2.24, 2.45) is 0 Å². The summed E-state index contributed by atoms with van der Waals surface area (Å²) >= 11 is 3.31. The third-order valence-corrected chi connectivity index (χ3v) is 2.49. The van der Waals surface area contributed by atoms with E-state index < -0.39 is 5.76 Å². The van der Waals surface area contributed by atoms with Gasteiger partial charge >= 0.3 is 5.76 Å². The molecule has 0 aromatic carbocycles. The van der Waals surface area contributed by atoms with Crippen LogP contribution >= 0.6 is 15.9 Å². The van der Waals surface area contributed by atoms with E-state index in [2.05, 4.69) is 45.8 Å². The molecule has 3 aromatic rings. The molecule has 8 heteroatoms. The average Bonchev–Trinajstić information content (AvgIpc) is 2.83. The minimum Gasteiger partial charge on any atom is -0.296 e. The Hall–Kier alpha value is -1.96. The van der Waals surface area contributed by atoms with Crippen molar-refractivity contribution in [1.82, 2.24) is 25.3 Å². The topological polar surface area (TPSA) is 100 Å². The monoisotopic (exact) mass is 281 g/mol. The first-order chi connectivity index (χ1) is 7.74. The van der Waals surface area contributed by atoms with Crippen LogP contribution in [0, 0.1) is 0 Å². The van der Waals surface area contributed by atoms with E-state index in [1.807, 2.05) is 6.07 Å². The number of hydrogen-bond donors (Lipinski definition) is 2. The van der Waals surface area contributed by atoms with Gasteiger partial charge in [-0.05, 0) is 22.0 Å². The van der Waals surface area contributed by atoms with Crippen LogP contribution in [0.3, 0.4) is 0 Å². The highest BCUT2D eigenvalue weighted by molar-refractivity contribution is 9.10. The van der Waals surface area contributed by atoms with Crippen molar-refractivity contribution < 1.29 is 4.52 Å².